The molecule has 138 valence electrons. The van der Waals surface area contributed by atoms with E-state index in [-0.39, 0.29) is 24.4 Å². The number of aromatic amines is 1. The van der Waals surface area contributed by atoms with Gasteiger partial charge >= 0.3 is 0 Å². The van der Waals surface area contributed by atoms with Crippen LogP contribution in [0.15, 0.2) is 54.7 Å². The van der Waals surface area contributed by atoms with Crippen LogP contribution in [-0.4, -0.2) is 48.5 Å². The lowest BCUT2D eigenvalue weighted by Crippen LogP contribution is -2.40. The number of methoxy groups -OCH3 is 1. The number of hydrogen-bond acceptors (Lipinski definition) is 3. The van der Waals surface area contributed by atoms with Crippen LogP contribution in [0.3, 0.4) is 0 Å². The van der Waals surface area contributed by atoms with E-state index in [2.05, 4.69) is 10.3 Å². The SMILES string of the molecule is COCCNC(=O)CN1C(=O)c2ccccc2[C@@H]1c1c[nH]c2ccccc12. The summed E-state index contributed by atoms with van der Waals surface area (Å²) in [4.78, 5) is 30.3. The van der Waals surface area contributed by atoms with Crippen molar-refractivity contribution in [1.29, 1.82) is 0 Å². The molecule has 1 aliphatic rings. The van der Waals surface area contributed by atoms with Crippen molar-refractivity contribution in [3.8, 4) is 0 Å². The molecule has 2 aromatic carbocycles. The third-order valence-corrected chi connectivity index (χ3v) is 4.92. The first-order chi connectivity index (χ1) is 13.2. The smallest absolute Gasteiger partial charge is 0.255 e. The highest BCUT2D eigenvalue weighted by atomic mass is 16.5. The summed E-state index contributed by atoms with van der Waals surface area (Å²) in [6, 6.07) is 15.2. The first kappa shape index (κ1) is 17.3. The van der Waals surface area contributed by atoms with Gasteiger partial charge in [0.25, 0.3) is 5.91 Å². The molecule has 6 nitrogen and oxygen atoms in total. The summed E-state index contributed by atoms with van der Waals surface area (Å²) >= 11 is 0. The fraction of sp³-hybridized carbons (Fsp3) is 0.238. The average molecular weight is 363 g/mol. The lowest BCUT2D eigenvalue weighted by atomic mass is 9.97. The molecule has 2 heterocycles. The molecule has 0 saturated carbocycles. The molecule has 0 saturated heterocycles. The first-order valence-electron chi connectivity index (χ1n) is 8.92. The maximum absolute atomic E-state index is 13.0. The van der Waals surface area contributed by atoms with Gasteiger partial charge in [-0.15, -0.1) is 0 Å². The quantitative estimate of drug-likeness (QED) is 0.661. The number of H-pyrrole nitrogens is 1. The summed E-state index contributed by atoms with van der Waals surface area (Å²) < 4.78 is 4.96. The molecule has 0 radical (unpaired) electrons. The van der Waals surface area contributed by atoms with Gasteiger partial charge in [-0.25, -0.2) is 0 Å². The Balaban J connectivity index is 1.71. The summed E-state index contributed by atoms with van der Waals surface area (Å²) in [6.07, 6.45) is 1.93. The number of nitrogens with one attached hydrogen (secondary N) is 2. The molecule has 2 amide bonds. The summed E-state index contributed by atoms with van der Waals surface area (Å²) in [5.41, 5.74) is 3.58. The Hall–Kier alpha value is -3.12. The van der Waals surface area contributed by atoms with E-state index in [9.17, 15) is 9.59 Å². The van der Waals surface area contributed by atoms with Crippen LogP contribution in [0.5, 0.6) is 0 Å². The normalized spacial score (nSPS) is 16.0. The zero-order valence-electron chi connectivity index (χ0n) is 15.1. The van der Waals surface area contributed by atoms with Gasteiger partial charge in [0.15, 0.2) is 0 Å². The molecule has 0 spiro atoms. The molecule has 0 fully saturated rings. The third kappa shape index (κ3) is 3.08. The third-order valence-electron chi connectivity index (χ3n) is 4.92. The van der Waals surface area contributed by atoms with Crippen LogP contribution in [0.2, 0.25) is 0 Å². The molecule has 0 aliphatic carbocycles. The molecule has 6 heteroatoms. The standard InChI is InChI=1S/C21H21N3O3/c1-27-11-10-22-19(25)13-24-20(15-7-2-3-8-16(15)21(24)26)17-12-23-18-9-5-4-6-14(17)18/h2-9,12,20,23H,10-11,13H2,1H3,(H,22,25)/t20-/m1/s1. The monoisotopic (exact) mass is 363 g/mol. The number of nitrogens with zero attached hydrogens (tertiary/aromatic N) is 1. The molecular weight excluding hydrogens is 342 g/mol. The van der Waals surface area contributed by atoms with E-state index in [0.29, 0.717) is 18.7 Å². The number of rotatable bonds is 6. The van der Waals surface area contributed by atoms with Gasteiger partial charge in [0.05, 0.1) is 12.6 Å². The van der Waals surface area contributed by atoms with Gasteiger partial charge in [-0.05, 0) is 17.7 Å². The van der Waals surface area contributed by atoms with Crippen molar-refractivity contribution in [2.24, 2.45) is 0 Å². The molecule has 4 rings (SSSR count). The Bertz CT molecular complexity index is 995. The van der Waals surface area contributed by atoms with Gasteiger partial charge in [0, 0.05) is 41.9 Å². The highest BCUT2D eigenvalue weighted by Crippen LogP contribution is 2.40. The van der Waals surface area contributed by atoms with Gasteiger partial charge in [-0.1, -0.05) is 36.4 Å². The van der Waals surface area contributed by atoms with E-state index in [1.54, 1.807) is 12.0 Å². The Morgan fingerprint density at radius 1 is 1.15 bits per heavy atom. The second-order valence-corrected chi connectivity index (χ2v) is 6.56. The Morgan fingerprint density at radius 3 is 2.78 bits per heavy atom. The molecule has 27 heavy (non-hydrogen) atoms. The second kappa shape index (κ2) is 7.25. The zero-order valence-corrected chi connectivity index (χ0v) is 15.1. The lowest BCUT2D eigenvalue weighted by molar-refractivity contribution is -0.122. The molecule has 1 aliphatic heterocycles. The van der Waals surface area contributed by atoms with Gasteiger partial charge in [0.1, 0.15) is 6.54 Å². The van der Waals surface area contributed by atoms with Crippen LogP contribution >= 0.6 is 0 Å². The van der Waals surface area contributed by atoms with Crippen LogP contribution in [0.1, 0.15) is 27.5 Å². The molecule has 3 aromatic rings. The molecule has 0 bridgehead atoms. The molecule has 0 unspecified atom stereocenters. The number of fused-ring (bicyclic) bond motifs is 2. The number of hydrogen-bond donors (Lipinski definition) is 2. The summed E-state index contributed by atoms with van der Waals surface area (Å²) in [6.45, 7) is 0.856. The number of amides is 2. The van der Waals surface area contributed by atoms with Gasteiger partial charge in [-0.2, -0.15) is 0 Å². The Kier molecular flexibility index (Phi) is 4.64. The van der Waals surface area contributed by atoms with Crippen molar-refractivity contribution >= 4 is 22.7 Å². The van der Waals surface area contributed by atoms with Gasteiger partial charge in [0.2, 0.25) is 5.91 Å². The number of aromatic nitrogens is 1. The van der Waals surface area contributed by atoms with E-state index >= 15 is 0 Å². The summed E-state index contributed by atoms with van der Waals surface area (Å²) in [7, 11) is 1.58. The maximum Gasteiger partial charge on any atom is 0.255 e. The fourth-order valence-electron chi connectivity index (χ4n) is 3.69. The maximum atomic E-state index is 13.0. The van der Waals surface area contributed by atoms with E-state index in [1.165, 1.54) is 0 Å². The highest BCUT2D eigenvalue weighted by molar-refractivity contribution is 6.02. The zero-order chi connectivity index (χ0) is 18.8. The number of carbonyl (C=O) groups is 2. The number of carbonyl (C=O) groups excluding carboxylic acids is 2. The number of ether oxygens (including phenoxy) is 1. The molecule has 2 N–H and O–H groups in total. The highest BCUT2D eigenvalue weighted by Gasteiger charge is 2.39. The fourth-order valence-corrected chi connectivity index (χ4v) is 3.69. The van der Waals surface area contributed by atoms with Crippen molar-refractivity contribution in [2.75, 3.05) is 26.8 Å². The van der Waals surface area contributed by atoms with Crippen molar-refractivity contribution < 1.29 is 14.3 Å². The van der Waals surface area contributed by atoms with Crippen molar-refractivity contribution in [3.63, 3.8) is 0 Å². The topological polar surface area (TPSA) is 74.4 Å². The Labute approximate surface area is 157 Å². The molecule has 1 aromatic heterocycles. The lowest BCUT2D eigenvalue weighted by Gasteiger charge is -2.25. The van der Waals surface area contributed by atoms with Crippen LogP contribution in [0, 0.1) is 0 Å². The minimum atomic E-state index is -0.293. The van der Waals surface area contributed by atoms with Gasteiger partial charge in [-0.3, -0.25) is 9.59 Å². The Morgan fingerprint density at radius 2 is 1.93 bits per heavy atom. The minimum absolute atomic E-state index is 0.00139. The van der Waals surface area contributed by atoms with E-state index in [0.717, 1.165) is 22.0 Å². The average Bonchev–Trinajstić information content (AvgIpc) is 3.22. The van der Waals surface area contributed by atoms with E-state index in [1.807, 2.05) is 54.7 Å². The van der Waals surface area contributed by atoms with Crippen molar-refractivity contribution in [3.05, 3.63) is 71.4 Å². The van der Waals surface area contributed by atoms with Gasteiger partial charge < -0.3 is 19.9 Å². The van der Waals surface area contributed by atoms with Crippen LogP contribution in [-0.2, 0) is 9.53 Å². The number of benzene rings is 2. The van der Waals surface area contributed by atoms with Crippen LogP contribution < -0.4 is 5.32 Å². The van der Waals surface area contributed by atoms with Crippen LogP contribution in [0.25, 0.3) is 10.9 Å². The first-order valence-corrected chi connectivity index (χ1v) is 8.92. The van der Waals surface area contributed by atoms with Crippen molar-refractivity contribution in [2.45, 2.75) is 6.04 Å². The van der Waals surface area contributed by atoms with E-state index in [4.69, 9.17) is 4.74 Å². The summed E-state index contributed by atoms with van der Waals surface area (Å²) in [5.74, 6) is -0.319. The molecular formula is C21H21N3O3. The predicted octanol–water partition coefficient (Wildman–Crippen LogP) is 2.48. The van der Waals surface area contributed by atoms with E-state index < -0.39 is 0 Å². The van der Waals surface area contributed by atoms with Crippen LogP contribution in [0.4, 0.5) is 0 Å². The molecule has 1 atom stereocenters. The minimum Gasteiger partial charge on any atom is -0.383 e. The predicted molar refractivity (Wildman–Crippen MR) is 103 cm³/mol. The van der Waals surface area contributed by atoms with Crippen molar-refractivity contribution in [1.82, 2.24) is 15.2 Å². The largest absolute Gasteiger partial charge is 0.383 e. The number of para-hydroxylation sites is 1. The summed E-state index contributed by atoms with van der Waals surface area (Å²) in [5, 5.41) is 3.85. The second-order valence-electron chi connectivity index (χ2n) is 6.56.